The second kappa shape index (κ2) is 8.80. The molecule has 0 aliphatic heterocycles. The number of nitriles is 1. The van der Waals surface area contributed by atoms with Crippen molar-refractivity contribution in [3.05, 3.63) is 58.7 Å². The summed E-state index contributed by atoms with van der Waals surface area (Å²) < 4.78 is 10.4. The summed E-state index contributed by atoms with van der Waals surface area (Å²) in [5.41, 5.74) is 2.96. The van der Waals surface area contributed by atoms with E-state index in [0.29, 0.717) is 22.7 Å². The van der Waals surface area contributed by atoms with Crippen molar-refractivity contribution >= 4 is 34.1 Å². The van der Waals surface area contributed by atoms with E-state index in [1.807, 2.05) is 31.2 Å². The first kappa shape index (κ1) is 20.4. The molecule has 2 aromatic carbocycles. The van der Waals surface area contributed by atoms with Crippen LogP contribution in [0.15, 0.2) is 42.5 Å². The van der Waals surface area contributed by atoms with Crippen LogP contribution in [0, 0.1) is 24.2 Å². The number of hydrogen-bond acceptors (Lipinski definition) is 5. The zero-order valence-electron chi connectivity index (χ0n) is 16.3. The highest BCUT2D eigenvalue weighted by Crippen LogP contribution is 2.30. The second-order valence-corrected chi connectivity index (χ2v) is 6.93. The molecule has 1 atom stereocenters. The van der Waals surface area contributed by atoms with Gasteiger partial charge in [0.25, 0.3) is 0 Å². The number of benzene rings is 2. The number of carbonyl (C=O) groups is 1. The molecule has 3 aromatic rings. The number of ether oxygens (including phenoxy) is 2. The third-order valence-electron chi connectivity index (χ3n) is 4.56. The number of aromatic nitrogens is 1. The molecule has 1 N–H and O–H groups in total. The van der Waals surface area contributed by atoms with Crippen LogP contribution in [0.1, 0.15) is 11.1 Å². The van der Waals surface area contributed by atoms with E-state index >= 15 is 0 Å². The molecule has 1 heterocycles. The minimum Gasteiger partial charge on any atom is -0.497 e. The van der Waals surface area contributed by atoms with Crippen molar-refractivity contribution in [2.75, 3.05) is 19.5 Å². The van der Waals surface area contributed by atoms with Crippen molar-refractivity contribution in [1.82, 2.24) is 4.98 Å². The van der Waals surface area contributed by atoms with Crippen LogP contribution >= 0.6 is 11.6 Å². The molecule has 0 saturated heterocycles. The number of rotatable bonds is 6. The molecule has 29 heavy (non-hydrogen) atoms. The lowest BCUT2D eigenvalue weighted by Crippen LogP contribution is -2.24. The van der Waals surface area contributed by atoms with Gasteiger partial charge >= 0.3 is 0 Å². The summed E-state index contributed by atoms with van der Waals surface area (Å²) in [7, 11) is 3.04. The Kier molecular flexibility index (Phi) is 6.20. The molecule has 148 valence electrons. The van der Waals surface area contributed by atoms with Crippen LogP contribution in [0.3, 0.4) is 0 Å². The first-order chi connectivity index (χ1) is 13.9. The average molecular weight is 410 g/mol. The van der Waals surface area contributed by atoms with Crippen molar-refractivity contribution in [2.45, 2.75) is 13.3 Å². The normalized spacial score (nSPS) is 11.6. The van der Waals surface area contributed by atoms with Crippen LogP contribution in [-0.2, 0) is 11.2 Å². The fourth-order valence-corrected chi connectivity index (χ4v) is 3.20. The lowest BCUT2D eigenvalue weighted by molar-refractivity contribution is -0.118. The predicted molar refractivity (Wildman–Crippen MR) is 112 cm³/mol. The SMILES string of the molecule is COc1ccc(NC(=O)[C@H](C#N)Cc2cc3ccc(C)cc3nc2Cl)c(OC)c1. The van der Waals surface area contributed by atoms with Gasteiger partial charge < -0.3 is 14.8 Å². The van der Waals surface area contributed by atoms with Gasteiger partial charge in [-0.05, 0) is 42.3 Å². The number of carbonyl (C=O) groups excluding carboxylic acids is 1. The summed E-state index contributed by atoms with van der Waals surface area (Å²) in [6.07, 6.45) is 0.149. The molecular formula is C22H20ClN3O3. The zero-order chi connectivity index (χ0) is 21.0. The highest BCUT2D eigenvalue weighted by molar-refractivity contribution is 6.30. The molecule has 0 bridgehead atoms. The Labute approximate surface area is 174 Å². The van der Waals surface area contributed by atoms with E-state index in [4.69, 9.17) is 21.1 Å². The Hall–Kier alpha value is -3.30. The van der Waals surface area contributed by atoms with Crippen molar-refractivity contribution in [3.63, 3.8) is 0 Å². The van der Waals surface area contributed by atoms with Gasteiger partial charge in [-0.15, -0.1) is 0 Å². The summed E-state index contributed by atoms with van der Waals surface area (Å²) in [5, 5.41) is 13.5. The second-order valence-electron chi connectivity index (χ2n) is 6.58. The topological polar surface area (TPSA) is 84.2 Å². The molecule has 7 heteroatoms. The number of methoxy groups -OCH3 is 2. The Bertz CT molecular complexity index is 1110. The molecule has 1 amide bonds. The first-order valence-corrected chi connectivity index (χ1v) is 9.31. The third-order valence-corrected chi connectivity index (χ3v) is 4.89. The monoisotopic (exact) mass is 409 g/mol. The van der Waals surface area contributed by atoms with Crippen LogP contribution < -0.4 is 14.8 Å². The lowest BCUT2D eigenvalue weighted by Gasteiger charge is -2.14. The van der Waals surface area contributed by atoms with Crippen LogP contribution in [0.4, 0.5) is 5.69 Å². The zero-order valence-corrected chi connectivity index (χ0v) is 17.1. The van der Waals surface area contributed by atoms with Crippen LogP contribution in [-0.4, -0.2) is 25.1 Å². The predicted octanol–water partition coefficient (Wildman–Crippen LogP) is 4.53. The van der Waals surface area contributed by atoms with Gasteiger partial charge in [0.05, 0.1) is 31.5 Å². The summed E-state index contributed by atoms with van der Waals surface area (Å²) >= 11 is 6.32. The quantitative estimate of drug-likeness (QED) is 0.604. The lowest BCUT2D eigenvalue weighted by atomic mass is 9.99. The number of halogens is 1. The average Bonchev–Trinajstić information content (AvgIpc) is 2.72. The Morgan fingerprint density at radius 1 is 1.21 bits per heavy atom. The number of fused-ring (bicyclic) bond motifs is 1. The number of amides is 1. The van der Waals surface area contributed by atoms with Crippen molar-refractivity contribution in [1.29, 1.82) is 5.26 Å². The number of nitrogens with zero attached hydrogens (tertiary/aromatic N) is 2. The number of hydrogen-bond donors (Lipinski definition) is 1. The Balaban J connectivity index is 1.82. The molecule has 3 rings (SSSR count). The number of aryl methyl sites for hydroxylation is 1. The van der Waals surface area contributed by atoms with Gasteiger partial charge in [-0.1, -0.05) is 23.7 Å². The van der Waals surface area contributed by atoms with Gasteiger partial charge in [-0.3, -0.25) is 4.79 Å². The fourth-order valence-electron chi connectivity index (χ4n) is 2.98. The summed E-state index contributed by atoms with van der Waals surface area (Å²) in [6, 6.07) is 14.8. The molecule has 1 aromatic heterocycles. The van der Waals surface area contributed by atoms with Gasteiger partial charge in [0.2, 0.25) is 5.91 Å². The van der Waals surface area contributed by atoms with E-state index in [9.17, 15) is 10.1 Å². The molecule has 0 aliphatic rings. The molecular weight excluding hydrogens is 390 g/mol. The maximum absolute atomic E-state index is 12.7. The molecule has 0 unspecified atom stereocenters. The molecule has 0 fully saturated rings. The summed E-state index contributed by atoms with van der Waals surface area (Å²) in [5.74, 6) is -0.351. The Morgan fingerprint density at radius 2 is 2.00 bits per heavy atom. The minimum atomic E-state index is -0.941. The standard InChI is InChI=1S/C22H20ClN3O3/c1-13-4-5-14-9-15(21(23)25-19(14)8-13)10-16(12-24)22(27)26-18-7-6-17(28-2)11-20(18)29-3/h4-9,11,16H,10H2,1-3H3,(H,26,27)/t16-/m0/s1. The van der Waals surface area contributed by atoms with Crippen LogP contribution in [0.25, 0.3) is 10.9 Å². The highest BCUT2D eigenvalue weighted by atomic mass is 35.5. The maximum atomic E-state index is 12.7. The molecule has 6 nitrogen and oxygen atoms in total. The largest absolute Gasteiger partial charge is 0.497 e. The smallest absolute Gasteiger partial charge is 0.242 e. The minimum absolute atomic E-state index is 0.149. The fraction of sp³-hybridized carbons (Fsp3) is 0.227. The van der Waals surface area contributed by atoms with Crippen LogP contribution in [0.2, 0.25) is 5.15 Å². The summed E-state index contributed by atoms with van der Waals surface area (Å²) in [6.45, 7) is 1.98. The van der Waals surface area contributed by atoms with E-state index in [1.54, 1.807) is 25.3 Å². The van der Waals surface area contributed by atoms with Gasteiger partial charge in [0, 0.05) is 17.9 Å². The summed E-state index contributed by atoms with van der Waals surface area (Å²) in [4.78, 5) is 17.1. The van der Waals surface area contributed by atoms with E-state index in [0.717, 1.165) is 16.5 Å². The third kappa shape index (κ3) is 4.58. The van der Waals surface area contributed by atoms with Crippen molar-refractivity contribution < 1.29 is 14.3 Å². The van der Waals surface area contributed by atoms with Crippen LogP contribution in [0.5, 0.6) is 11.5 Å². The van der Waals surface area contributed by atoms with E-state index in [1.165, 1.54) is 7.11 Å². The van der Waals surface area contributed by atoms with Crippen molar-refractivity contribution in [3.8, 4) is 17.6 Å². The van der Waals surface area contributed by atoms with E-state index < -0.39 is 11.8 Å². The molecule has 0 radical (unpaired) electrons. The van der Waals surface area contributed by atoms with Gasteiger partial charge in [-0.25, -0.2) is 4.98 Å². The van der Waals surface area contributed by atoms with E-state index in [-0.39, 0.29) is 11.6 Å². The van der Waals surface area contributed by atoms with Gasteiger partial charge in [0.1, 0.15) is 22.6 Å². The van der Waals surface area contributed by atoms with Gasteiger partial charge in [0.15, 0.2) is 0 Å². The Morgan fingerprint density at radius 3 is 2.69 bits per heavy atom. The van der Waals surface area contributed by atoms with Gasteiger partial charge in [-0.2, -0.15) is 5.26 Å². The number of anilines is 1. The molecule has 0 saturated carbocycles. The highest BCUT2D eigenvalue weighted by Gasteiger charge is 2.22. The number of pyridine rings is 1. The molecule has 0 aliphatic carbocycles. The molecule has 0 spiro atoms. The van der Waals surface area contributed by atoms with Crippen molar-refractivity contribution in [2.24, 2.45) is 5.92 Å². The van der Waals surface area contributed by atoms with E-state index in [2.05, 4.69) is 16.4 Å². The first-order valence-electron chi connectivity index (χ1n) is 8.93. The number of nitrogens with one attached hydrogen (secondary N) is 1. The maximum Gasteiger partial charge on any atom is 0.242 e.